The van der Waals surface area contributed by atoms with Gasteiger partial charge in [0.1, 0.15) is 11.6 Å². The SMILES string of the molecule is C=C.Cc1ccc(S(=O)Oc2ccc3c(c2)CN2CCc4ccc(F)cc4C2C3)cc1. The average molecular weight is 436 g/mol. The zero-order valence-corrected chi connectivity index (χ0v) is 18.5. The van der Waals surface area contributed by atoms with Crippen LogP contribution in [0, 0.1) is 12.7 Å². The maximum absolute atomic E-state index is 13.8. The summed E-state index contributed by atoms with van der Waals surface area (Å²) in [5, 5.41) is 0. The van der Waals surface area contributed by atoms with E-state index in [-0.39, 0.29) is 11.9 Å². The van der Waals surface area contributed by atoms with Gasteiger partial charge in [-0.1, -0.05) is 29.8 Å². The lowest BCUT2D eigenvalue weighted by Gasteiger charge is -2.41. The lowest BCUT2D eigenvalue weighted by atomic mass is 9.84. The van der Waals surface area contributed by atoms with Crippen LogP contribution in [0.25, 0.3) is 0 Å². The molecule has 160 valence electrons. The van der Waals surface area contributed by atoms with Crippen molar-refractivity contribution in [3.63, 3.8) is 0 Å². The summed E-state index contributed by atoms with van der Waals surface area (Å²) in [6.07, 6.45) is 1.79. The highest BCUT2D eigenvalue weighted by Crippen LogP contribution is 2.39. The highest BCUT2D eigenvalue weighted by molar-refractivity contribution is 7.80. The van der Waals surface area contributed by atoms with Gasteiger partial charge in [-0.15, -0.1) is 13.2 Å². The average Bonchev–Trinajstić information content (AvgIpc) is 2.79. The molecule has 2 aliphatic heterocycles. The molecule has 0 saturated heterocycles. The Morgan fingerprint density at radius 3 is 2.52 bits per heavy atom. The van der Waals surface area contributed by atoms with E-state index in [1.807, 2.05) is 49.4 Å². The van der Waals surface area contributed by atoms with Crippen molar-refractivity contribution in [3.05, 3.63) is 107 Å². The summed E-state index contributed by atoms with van der Waals surface area (Å²) in [7, 11) is 0. The van der Waals surface area contributed by atoms with Crippen LogP contribution in [0.4, 0.5) is 4.39 Å². The van der Waals surface area contributed by atoms with E-state index in [0.717, 1.165) is 37.1 Å². The second-order valence-electron chi connectivity index (χ2n) is 7.85. The number of fused-ring (bicyclic) bond motifs is 4. The molecule has 0 fully saturated rings. The molecule has 2 unspecified atom stereocenters. The molecular weight excluding hydrogens is 409 g/mol. The van der Waals surface area contributed by atoms with E-state index in [4.69, 9.17) is 4.18 Å². The van der Waals surface area contributed by atoms with Crippen LogP contribution >= 0.6 is 0 Å². The molecule has 3 aromatic rings. The third-order valence-electron chi connectivity index (χ3n) is 5.93. The predicted molar refractivity (Wildman–Crippen MR) is 123 cm³/mol. The van der Waals surface area contributed by atoms with Gasteiger partial charge in [-0.3, -0.25) is 4.90 Å². The molecule has 0 bridgehead atoms. The largest absolute Gasteiger partial charge is 0.397 e. The Bertz CT molecular complexity index is 1110. The summed E-state index contributed by atoms with van der Waals surface area (Å²) in [6.45, 7) is 9.76. The van der Waals surface area contributed by atoms with E-state index in [1.54, 1.807) is 12.1 Å². The highest BCUT2D eigenvalue weighted by atomic mass is 32.2. The monoisotopic (exact) mass is 435 g/mol. The number of hydrogen-bond donors (Lipinski definition) is 0. The van der Waals surface area contributed by atoms with Gasteiger partial charge in [0.25, 0.3) is 0 Å². The van der Waals surface area contributed by atoms with Gasteiger partial charge < -0.3 is 4.18 Å². The Labute approximate surface area is 185 Å². The highest BCUT2D eigenvalue weighted by Gasteiger charge is 2.32. The first-order chi connectivity index (χ1) is 15.1. The Hall–Kier alpha value is -2.76. The van der Waals surface area contributed by atoms with Crippen molar-refractivity contribution in [1.82, 2.24) is 4.90 Å². The minimum absolute atomic E-state index is 0.168. The van der Waals surface area contributed by atoms with Crippen LogP contribution in [0.15, 0.2) is 78.7 Å². The fourth-order valence-electron chi connectivity index (χ4n) is 4.36. The standard InChI is InChI=1S/C24H22FNO2S.C2H4/c1-16-2-8-22(9-3-16)29(27)28-21-7-5-18-13-24-23-14-20(25)6-4-17(23)10-11-26(24)15-19(18)12-21;1-2/h2-9,12,14,24H,10-11,13,15H2,1H3;1-2H2. The fraction of sp³-hybridized carbons (Fsp3) is 0.231. The van der Waals surface area contributed by atoms with Crippen molar-refractivity contribution < 1.29 is 12.8 Å². The maximum atomic E-state index is 13.8. The molecule has 5 heteroatoms. The minimum Gasteiger partial charge on any atom is -0.397 e. The van der Waals surface area contributed by atoms with E-state index in [2.05, 4.69) is 24.1 Å². The van der Waals surface area contributed by atoms with E-state index < -0.39 is 11.1 Å². The van der Waals surface area contributed by atoms with Crippen LogP contribution in [0.1, 0.15) is 33.9 Å². The second-order valence-corrected chi connectivity index (χ2v) is 8.95. The molecule has 3 aromatic carbocycles. The lowest BCUT2D eigenvalue weighted by Crippen LogP contribution is -2.39. The molecule has 0 aromatic heterocycles. The van der Waals surface area contributed by atoms with Gasteiger partial charge in [0.2, 0.25) is 11.1 Å². The van der Waals surface area contributed by atoms with E-state index in [1.165, 1.54) is 16.7 Å². The molecule has 31 heavy (non-hydrogen) atoms. The van der Waals surface area contributed by atoms with Gasteiger partial charge in [0.15, 0.2) is 0 Å². The van der Waals surface area contributed by atoms with Crippen molar-refractivity contribution in [2.45, 2.75) is 37.2 Å². The topological polar surface area (TPSA) is 29.5 Å². The number of hydrogen-bond acceptors (Lipinski definition) is 3. The van der Waals surface area contributed by atoms with Crippen LogP contribution in [-0.2, 0) is 30.5 Å². The summed E-state index contributed by atoms with van der Waals surface area (Å²) in [6, 6.07) is 18.9. The molecule has 0 N–H and O–H groups in total. The van der Waals surface area contributed by atoms with E-state index >= 15 is 0 Å². The first-order valence-corrected chi connectivity index (χ1v) is 11.5. The van der Waals surface area contributed by atoms with Gasteiger partial charge in [0, 0.05) is 19.1 Å². The molecule has 2 aliphatic rings. The number of aryl methyl sites for hydroxylation is 1. The first kappa shape index (κ1) is 21.5. The quantitative estimate of drug-likeness (QED) is 0.495. The third kappa shape index (κ3) is 4.48. The van der Waals surface area contributed by atoms with E-state index in [0.29, 0.717) is 10.6 Å². The normalized spacial score (nSPS) is 17.9. The van der Waals surface area contributed by atoms with Gasteiger partial charge in [0.05, 0.1) is 4.90 Å². The number of nitrogens with zero attached hydrogens (tertiary/aromatic N) is 1. The smallest absolute Gasteiger partial charge is 0.240 e. The first-order valence-electron chi connectivity index (χ1n) is 10.4. The molecule has 0 aliphatic carbocycles. The van der Waals surface area contributed by atoms with Gasteiger partial charge >= 0.3 is 0 Å². The molecule has 0 radical (unpaired) electrons. The summed E-state index contributed by atoms with van der Waals surface area (Å²) in [4.78, 5) is 3.06. The van der Waals surface area contributed by atoms with Gasteiger partial charge in [-0.2, -0.15) is 0 Å². The lowest BCUT2D eigenvalue weighted by molar-refractivity contribution is 0.160. The molecule has 3 nitrogen and oxygen atoms in total. The summed E-state index contributed by atoms with van der Waals surface area (Å²) in [5.74, 6) is 0.447. The van der Waals surface area contributed by atoms with Gasteiger partial charge in [-0.05, 0) is 78.4 Å². The number of rotatable bonds is 3. The Morgan fingerprint density at radius 1 is 1.00 bits per heavy atom. The zero-order valence-electron chi connectivity index (χ0n) is 17.6. The second kappa shape index (κ2) is 9.16. The Morgan fingerprint density at radius 2 is 1.74 bits per heavy atom. The summed E-state index contributed by atoms with van der Waals surface area (Å²) in [5.41, 5.74) is 5.93. The fourth-order valence-corrected chi connectivity index (χ4v) is 5.09. The van der Waals surface area contributed by atoms with Crippen LogP contribution in [-0.4, -0.2) is 15.7 Å². The van der Waals surface area contributed by atoms with Crippen molar-refractivity contribution >= 4 is 11.1 Å². The van der Waals surface area contributed by atoms with Crippen molar-refractivity contribution in [1.29, 1.82) is 0 Å². The Kier molecular flexibility index (Phi) is 6.35. The number of halogens is 1. The predicted octanol–water partition coefficient (Wildman–Crippen LogP) is 5.69. The Balaban J connectivity index is 0.00000112. The van der Waals surface area contributed by atoms with Crippen LogP contribution in [0.5, 0.6) is 5.75 Å². The molecule has 2 heterocycles. The maximum Gasteiger partial charge on any atom is 0.240 e. The minimum atomic E-state index is -1.54. The zero-order chi connectivity index (χ0) is 22.0. The molecule has 0 saturated carbocycles. The van der Waals surface area contributed by atoms with Crippen LogP contribution in [0.2, 0.25) is 0 Å². The third-order valence-corrected chi connectivity index (χ3v) is 6.93. The summed E-state index contributed by atoms with van der Waals surface area (Å²) >= 11 is -1.54. The van der Waals surface area contributed by atoms with Crippen molar-refractivity contribution in [2.24, 2.45) is 0 Å². The van der Waals surface area contributed by atoms with Crippen LogP contribution in [0.3, 0.4) is 0 Å². The number of benzene rings is 3. The van der Waals surface area contributed by atoms with Crippen LogP contribution < -0.4 is 4.18 Å². The molecule has 2 atom stereocenters. The molecule has 0 amide bonds. The van der Waals surface area contributed by atoms with Crippen molar-refractivity contribution in [3.8, 4) is 5.75 Å². The summed E-state index contributed by atoms with van der Waals surface area (Å²) < 4.78 is 32.1. The van der Waals surface area contributed by atoms with E-state index in [9.17, 15) is 8.60 Å². The van der Waals surface area contributed by atoms with Gasteiger partial charge in [-0.25, -0.2) is 8.60 Å². The molecule has 0 spiro atoms. The molecule has 5 rings (SSSR count). The van der Waals surface area contributed by atoms with Crippen molar-refractivity contribution in [2.75, 3.05) is 6.54 Å². The molecular formula is C26H26FNO2S.